The van der Waals surface area contributed by atoms with Crippen LogP contribution >= 0.6 is 23.3 Å². The number of oxime groups is 1. The van der Waals surface area contributed by atoms with E-state index < -0.39 is 29.2 Å². The first-order chi connectivity index (χ1) is 16.7. The van der Waals surface area contributed by atoms with E-state index in [9.17, 15) is 19.5 Å². The van der Waals surface area contributed by atoms with E-state index in [2.05, 4.69) is 32.2 Å². The molecule has 1 aromatic rings. The summed E-state index contributed by atoms with van der Waals surface area (Å²) in [5.74, 6) is -2.04. The van der Waals surface area contributed by atoms with Gasteiger partial charge in [-0.3, -0.25) is 14.5 Å². The molecule has 0 radical (unpaired) electrons. The molecule has 0 unspecified atom stereocenters. The number of hydrogen-bond donors (Lipinski definition) is 4. The van der Waals surface area contributed by atoms with Gasteiger partial charge in [0.2, 0.25) is 11.5 Å². The highest BCUT2D eigenvalue weighted by Gasteiger charge is 2.54. The maximum absolute atomic E-state index is 12.9. The number of aromatic nitrogens is 2. The van der Waals surface area contributed by atoms with Crippen molar-refractivity contribution >= 4 is 51.9 Å². The fourth-order valence-electron chi connectivity index (χ4n) is 4.15. The number of likely N-dealkylation sites (N-methyl/N-ethyl adjacent to an activating group) is 1. The van der Waals surface area contributed by atoms with Gasteiger partial charge < -0.3 is 30.8 Å². The van der Waals surface area contributed by atoms with Gasteiger partial charge in [-0.05, 0) is 11.6 Å². The van der Waals surface area contributed by atoms with Crippen molar-refractivity contribution in [1.82, 2.24) is 24.9 Å². The van der Waals surface area contributed by atoms with Gasteiger partial charge in [-0.2, -0.15) is 9.36 Å². The number of aliphatic carboxylic acids is 1. The minimum absolute atomic E-state index is 0.0221. The standard InChI is InChI=1S/C20H26N8O5S2/c1-28(8-5-22-6-9-28)7-3-4-11-10-34-18-13(17(30)27(18)14(11)19(31)32)23-16(29)12(25-33-2)15-24-20(21)35-26-15/h3-4,13,18,22H,5-10H2,1-2H3,(H3-,21,23,24,26,29,31,32)/p+1/b4-3+,25-12-/t13-,18+/m1/s1. The number of fused-ring (bicyclic) bond motifs is 1. The van der Waals surface area contributed by atoms with Crippen LogP contribution in [0.5, 0.6) is 0 Å². The fraction of sp³-hybridized carbons (Fsp3) is 0.500. The largest absolute Gasteiger partial charge is 0.477 e. The summed E-state index contributed by atoms with van der Waals surface area (Å²) in [4.78, 5) is 47.7. The molecule has 2 amide bonds. The number of piperazine rings is 1. The van der Waals surface area contributed by atoms with Crippen LogP contribution in [0.25, 0.3) is 0 Å². The summed E-state index contributed by atoms with van der Waals surface area (Å²) in [6.45, 7) is 4.66. The van der Waals surface area contributed by atoms with Gasteiger partial charge in [0.1, 0.15) is 24.2 Å². The lowest BCUT2D eigenvalue weighted by molar-refractivity contribution is -0.905. The Morgan fingerprint density at radius 3 is 2.80 bits per heavy atom. The summed E-state index contributed by atoms with van der Waals surface area (Å²) in [6.07, 6.45) is 3.78. The van der Waals surface area contributed by atoms with E-state index in [1.54, 1.807) is 6.08 Å². The molecule has 2 atom stereocenters. The van der Waals surface area contributed by atoms with Crippen LogP contribution in [0.1, 0.15) is 5.82 Å². The maximum Gasteiger partial charge on any atom is 0.352 e. The average molecular weight is 524 g/mol. The van der Waals surface area contributed by atoms with Gasteiger partial charge >= 0.3 is 5.97 Å². The molecule has 3 aliphatic heterocycles. The van der Waals surface area contributed by atoms with E-state index in [1.807, 2.05) is 6.08 Å². The number of rotatable bonds is 8. The van der Waals surface area contributed by atoms with E-state index in [4.69, 9.17) is 10.6 Å². The number of carbonyl (C=O) groups excluding carboxylic acids is 2. The first-order valence-corrected chi connectivity index (χ1v) is 12.7. The van der Waals surface area contributed by atoms with E-state index in [0.29, 0.717) is 11.3 Å². The molecule has 0 spiro atoms. The van der Waals surface area contributed by atoms with Crippen LogP contribution in [0, 0.1) is 0 Å². The zero-order valence-electron chi connectivity index (χ0n) is 19.3. The molecule has 2 fully saturated rings. The number of carboxylic acids is 1. The van der Waals surface area contributed by atoms with Crippen molar-refractivity contribution in [2.24, 2.45) is 5.16 Å². The monoisotopic (exact) mass is 523 g/mol. The number of carboxylic acid groups (broad SMARTS) is 1. The molecule has 4 rings (SSSR count). The van der Waals surface area contributed by atoms with Crippen LogP contribution < -0.4 is 16.4 Å². The zero-order chi connectivity index (χ0) is 25.2. The summed E-state index contributed by atoms with van der Waals surface area (Å²) < 4.78 is 4.83. The summed E-state index contributed by atoms with van der Waals surface area (Å²) in [6, 6.07) is -0.921. The highest BCUT2D eigenvalue weighted by molar-refractivity contribution is 8.00. The Hall–Kier alpha value is -3.01. The quantitative estimate of drug-likeness (QED) is 0.141. The molecular weight excluding hydrogens is 496 g/mol. The first kappa shape index (κ1) is 25.1. The molecule has 0 aliphatic carbocycles. The number of nitrogens with zero attached hydrogens (tertiary/aromatic N) is 5. The van der Waals surface area contributed by atoms with Gasteiger partial charge in [-0.1, -0.05) is 11.2 Å². The third-order valence-corrected chi connectivity index (χ3v) is 7.90. The molecule has 0 aromatic carbocycles. The van der Waals surface area contributed by atoms with Crippen molar-refractivity contribution in [3.63, 3.8) is 0 Å². The predicted molar refractivity (Wildman–Crippen MR) is 130 cm³/mol. The molecule has 1 aromatic heterocycles. The number of β-lactam (4-membered cyclic amide) rings is 1. The number of nitrogens with one attached hydrogen (secondary N) is 2. The van der Waals surface area contributed by atoms with E-state index in [-0.39, 0.29) is 22.4 Å². The predicted octanol–water partition coefficient (Wildman–Crippen LogP) is -1.18. The fourth-order valence-corrected chi connectivity index (χ4v) is 5.91. The Morgan fingerprint density at radius 1 is 1.43 bits per heavy atom. The van der Waals surface area contributed by atoms with Crippen LogP contribution in [-0.2, 0) is 19.2 Å². The highest BCUT2D eigenvalue weighted by Crippen LogP contribution is 2.40. The SMILES string of the molecule is CO/N=C(\C(=O)N[C@@H]1C(=O)N2C(C(=O)O)=C(/C=C/C[N+]3(C)CCNCC3)CS[C@@H]12)c1nsc(N)n1. The molecule has 0 saturated carbocycles. The van der Waals surface area contributed by atoms with Crippen LogP contribution in [0.3, 0.4) is 0 Å². The van der Waals surface area contributed by atoms with Gasteiger partial charge in [-0.25, -0.2) is 4.79 Å². The summed E-state index contributed by atoms with van der Waals surface area (Å²) in [5.41, 5.74) is 5.88. The molecule has 13 nitrogen and oxygen atoms in total. The third-order valence-electron chi connectivity index (χ3n) is 6.06. The van der Waals surface area contributed by atoms with Crippen molar-refractivity contribution in [2.75, 3.05) is 58.4 Å². The molecule has 4 heterocycles. The lowest BCUT2D eigenvalue weighted by Gasteiger charge is -2.49. The molecule has 188 valence electrons. The van der Waals surface area contributed by atoms with Crippen molar-refractivity contribution in [2.45, 2.75) is 11.4 Å². The number of anilines is 1. The van der Waals surface area contributed by atoms with E-state index in [0.717, 1.165) is 48.7 Å². The molecule has 5 N–H and O–H groups in total. The van der Waals surface area contributed by atoms with Gasteiger partial charge in [0.05, 0.1) is 26.7 Å². The Morgan fingerprint density at radius 2 is 2.17 bits per heavy atom. The van der Waals surface area contributed by atoms with Crippen LogP contribution in [0.15, 0.2) is 28.6 Å². The van der Waals surface area contributed by atoms with Crippen LogP contribution in [0.2, 0.25) is 0 Å². The molecular formula is C20H27N8O5S2+. The zero-order valence-corrected chi connectivity index (χ0v) is 20.9. The third kappa shape index (κ3) is 5.17. The molecule has 0 bridgehead atoms. The Kier molecular flexibility index (Phi) is 7.39. The minimum atomic E-state index is -1.18. The number of nitrogens with two attached hydrogens (primary N) is 1. The second-order valence-corrected chi connectivity index (χ2v) is 10.4. The van der Waals surface area contributed by atoms with Crippen molar-refractivity contribution in [3.8, 4) is 0 Å². The van der Waals surface area contributed by atoms with Crippen molar-refractivity contribution in [3.05, 3.63) is 29.2 Å². The number of thioether (sulfide) groups is 1. The number of quaternary nitrogens is 1. The van der Waals surface area contributed by atoms with Gasteiger partial charge in [0.15, 0.2) is 5.13 Å². The van der Waals surface area contributed by atoms with Gasteiger partial charge in [0.25, 0.3) is 11.8 Å². The number of amides is 2. The Balaban J connectivity index is 1.47. The molecule has 15 heteroatoms. The number of hydrogen-bond acceptors (Lipinski definition) is 11. The average Bonchev–Trinajstić information content (AvgIpc) is 3.26. The highest BCUT2D eigenvalue weighted by atomic mass is 32.2. The van der Waals surface area contributed by atoms with Crippen LogP contribution in [-0.4, -0.2) is 111 Å². The van der Waals surface area contributed by atoms with Crippen molar-refractivity contribution < 1.29 is 28.8 Å². The number of allylic oxidation sites excluding steroid dienone is 1. The number of carbonyl (C=O) groups is 3. The first-order valence-electron chi connectivity index (χ1n) is 10.9. The maximum atomic E-state index is 12.9. The van der Waals surface area contributed by atoms with Gasteiger partial charge in [0, 0.05) is 30.4 Å². The minimum Gasteiger partial charge on any atom is -0.477 e. The topological polar surface area (TPSA) is 172 Å². The van der Waals surface area contributed by atoms with Crippen molar-refractivity contribution in [1.29, 1.82) is 0 Å². The van der Waals surface area contributed by atoms with E-state index >= 15 is 0 Å². The summed E-state index contributed by atoms with van der Waals surface area (Å²) in [7, 11) is 3.44. The Labute approximate surface area is 209 Å². The molecule has 2 saturated heterocycles. The summed E-state index contributed by atoms with van der Waals surface area (Å²) >= 11 is 2.28. The molecule has 3 aliphatic rings. The lowest BCUT2D eigenvalue weighted by atomic mass is 10.0. The molecule has 35 heavy (non-hydrogen) atoms. The number of nitrogen functional groups attached to an aromatic ring is 1. The van der Waals surface area contributed by atoms with E-state index in [1.165, 1.54) is 23.8 Å². The second-order valence-electron chi connectivity index (χ2n) is 8.52. The smallest absolute Gasteiger partial charge is 0.352 e. The second kappa shape index (κ2) is 10.3. The van der Waals surface area contributed by atoms with Crippen LogP contribution in [0.4, 0.5) is 5.13 Å². The Bertz CT molecular complexity index is 1110. The van der Waals surface area contributed by atoms with Gasteiger partial charge in [-0.15, -0.1) is 11.8 Å². The summed E-state index contributed by atoms with van der Waals surface area (Å²) in [5, 5.41) is 19.1. The normalized spacial score (nSPS) is 24.2. The lowest BCUT2D eigenvalue weighted by Crippen LogP contribution is -2.71.